The Labute approximate surface area is 154 Å². The van der Waals surface area contributed by atoms with E-state index in [9.17, 15) is 13.2 Å². The molecule has 26 heavy (non-hydrogen) atoms. The Morgan fingerprint density at radius 3 is 2.62 bits per heavy atom. The first-order chi connectivity index (χ1) is 12.3. The number of aryl methyl sites for hydroxylation is 1. The van der Waals surface area contributed by atoms with Gasteiger partial charge in [-0.3, -0.25) is 4.79 Å². The topological polar surface area (TPSA) is 83.7 Å². The minimum Gasteiger partial charge on any atom is -0.362 e. The first kappa shape index (κ1) is 18.4. The zero-order valence-electron chi connectivity index (χ0n) is 15.0. The maximum atomic E-state index is 12.9. The number of primary sulfonamides is 1. The van der Waals surface area contributed by atoms with Gasteiger partial charge in [-0.25, -0.2) is 13.6 Å². The third kappa shape index (κ3) is 3.59. The quantitative estimate of drug-likeness (QED) is 0.869. The molecule has 3 rings (SSSR count). The Hall–Kier alpha value is -2.38. The summed E-state index contributed by atoms with van der Waals surface area (Å²) >= 11 is 0. The maximum absolute atomic E-state index is 12.9. The number of carbonyl (C=O) groups excluding carboxylic acids is 1. The molecule has 2 aromatic rings. The molecule has 138 valence electrons. The smallest absolute Gasteiger partial charge is 0.246 e. The minimum atomic E-state index is -3.74. The molecular weight excluding hydrogens is 350 g/mol. The second kappa shape index (κ2) is 7.09. The minimum absolute atomic E-state index is 0.00258. The van der Waals surface area contributed by atoms with Crippen LogP contribution in [-0.2, 0) is 21.2 Å². The number of fused-ring (bicyclic) bond motifs is 1. The van der Waals surface area contributed by atoms with Gasteiger partial charge >= 0.3 is 0 Å². The van der Waals surface area contributed by atoms with Crippen molar-refractivity contribution >= 4 is 27.3 Å². The van der Waals surface area contributed by atoms with Gasteiger partial charge in [-0.2, -0.15) is 0 Å². The Bertz CT molecular complexity index is 941. The van der Waals surface area contributed by atoms with Crippen molar-refractivity contribution in [3.63, 3.8) is 0 Å². The number of amides is 1. The first-order valence-electron chi connectivity index (χ1n) is 8.58. The fraction of sp³-hybridized carbons (Fsp3) is 0.316. The highest BCUT2D eigenvalue weighted by atomic mass is 32.2. The fourth-order valence-electron chi connectivity index (χ4n) is 3.35. The van der Waals surface area contributed by atoms with Crippen molar-refractivity contribution in [2.75, 3.05) is 29.4 Å². The van der Waals surface area contributed by atoms with Crippen LogP contribution in [0.25, 0.3) is 0 Å². The molecule has 0 unspecified atom stereocenters. The third-order valence-electron chi connectivity index (χ3n) is 4.74. The number of rotatable bonds is 5. The van der Waals surface area contributed by atoms with Crippen molar-refractivity contribution in [2.24, 2.45) is 5.14 Å². The van der Waals surface area contributed by atoms with E-state index in [-0.39, 0.29) is 17.3 Å². The molecule has 7 heteroatoms. The normalized spacial score (nSPS) is 13.6. The van der Waals surface area contributed by atoms with Gasteiger partial charge in [0, 0.05) is 24.5 Å². The second-order valence-electron chi connectivity index (χ2n) is 6.43. The summed E-state index contributed by atoms with van der Waals surface area (Å²) in [6.45, 7) is 5.60. The molecule has 1 aliphatic rings. The van der Waals surface area contributed by atoms with Crippen molar-refractivity contribution < 1.29 is 13.2 Å². The molecule has 2 N–H and O–H groups in total. The predicted octanol–water partition coefficient (Wildman–Crippen LogP) is 2.06. The highest BCUT2D eigenvalue weighted by molar-refractivity contribution is 7.89. The number of hydrogen-bond acceptors (Lipinski definition) is 4. The molecule has 6 nitrogen and oxygen atoms in total. The van der Waals surface area contributed by atoms with Gasteiger partial charge in [0.05, 0.1) is 11.4 Å². The maximum Gasteiger partial charge on any atom is 0.246 e. The standard InChI is InChI=1S/C19H23N3O3S/c1-3-21(17-7-5-4-6-14(17)2)13-19(23)22-11-10-15-12-16(26(20,24)25)8-9-18(15)22/h4-9,12H,3,10-11,13H2,1-2H3,(H2,20,24,25). The van der Waals surface area contributed by atoms with Gasteiger partial charge in [0.15, 0.2) is 0 Å². The Balaban J connectivity index is 1.81. The third-order valence-corrected chi connectivity index (χ3v) is 5.65. The molecule has 1 heterocycles. The Morgan fingerprint density at radius 1 is 1.23 bits per heavy atom. The highest BCUT2D eigenvalue weighted by Crippen LogP contribution is 2.30. The molecule has 0 aromatic heterocycles. The zero-order chi connectivity index (χ0) is 18.9. The number of nitrogens with zero attached hydrogens (tertiary/aromatic N) is 2. The molecule has 2 aromatic carbocycles. The summed E-state index contributed by atoms with van der Waals surface area (Å²) in [5.74, 6) is -0.00258. The summed E-state index contributed by atoms with van der Waals surface area (Å²) in [4.78, 5) is 16.7. The van der Waals surface area contributed by atoms with Gasteiger partial charge < -0.3 is 9.80 Å². The number of anilines is 2. The van der Waals surface area contributed by atoms with Crippen molar-refractivity contribution in [1.29, 1.82) is 0 Å². The number of hydrogen-bond donors (Lipinski definition) is 1. The average molecular weight is 373 g/mol. The predicted molar refractivity (Wildman–Crippen MR) is 103 cm³/mol. The molecule has 0 saturated heterocycles. The molecule has 1 amide bonds. The van der Waals surface area contributed by atoms with Crippen molar-refractivity contribution in [2.45, 2.75) is 25.2 Å². The van der Waals surface area contributed by atoms with Crippen molar-refractivity contribution in [1.82, 2.24) is 0 Å². The van der Waals surface area contributed by atoms with Crippen LogP contribution in [0.5, 0.6) is 0 Å². The van der Waals surface area contributed by atoms with Crippen LogP contribution in [0.3, 0.4) is 0 Å². The van der Waals surface area contributed by atoms with Gasteiger partial charge in [-0.15, -0.1) is 0 Å². The summed E-state index contributed by atoms with van der Waals surface area (Å²) in [7, 11) is -3.74. The van der Waals surface area contributed by atoms with E-state index in [0.29, 0.717) is 13.0 Å². The van der Waals surface area contributed by atoms with Crippen LogP contribution in [0.4, 0.5) is 11.4 Å². The monoisotopic (exact) mass is 373 g/mol. The highest BCUT2D eigenvalue weighted by Gasteiger charge is 2.27. The molecule has 1 aliphatic heterocycles. The lowest BCUT2D eigenvalue weighted by Gasteiger charge is -2.27. The SMILES string of the molecule is CCN(CC(=O)N1CCc2cc(S(N)(=O)=O)ccc21)c1ccccc1C. The molecule has 0 saturated carbocycles. The fourth-order valence-corrected chi connectivity index (χ4v) is 3.91. The Kier molecular flexibility index (Phi) is 5.02. The lowest BCUT2D eigenvalue weighted by molar-refractivity contribution is -0.117. The number of sulfonamides is 1. The lowest BCUT2D eigenvalue weighted by atomic mass is 10.1. The van der Waals surface area contributed by atoms with Crippen LogP contribution >= 0.6 is 0 Å². The summed E-state index contributed by atoms with van der Waals surface area (Å²) in [6, 6.07) is 12.7. The average Bonchev–Trinajstić information content (AvgIpc) is 3.03. The number of para-hydroxylation sites is 1. The molecule has 0 atom stereocenters. The van der Waals surface area contributed by atoms with E-state index in [0.717, 1.165) is 29.0 Å². The lowest BCUT2D eigenvalue weighted by Crippen LogP contribution is -2.40. The molecule has 0 spiro atoms. The van der Waals surface area contributed by atoms with Gasteiger partial charge in [-0.1, -0.05) is 18.2 Å². The van der Waals surface area contributed by atoms with E-state index >= 15 is 0 Å². The summed E-state index contributed by atoms with van der Waals surface area (Å²) in [5.41, 5.74) is 3.78. The van der Waals surface area contributed by atoms with Crippen molar-refractivity contribution in [3.8, 4) is 0 Å². The van der Waals surface area contributed by atoms with Gasteiger partial charge in [0.2, 0.25) is 15.9 Å². The van der Waals surface area contributed by atoms with Crippen LogP contribution in [0.2, 0.25) is 0 Å². The molecule has 0 bridgehead atoms. The van der Waals surface area contributed by atoms with E-state index in [1.54, 1.807) is 17.0 Å². The van der Waals surface area contributed by atoms with Crippen molar-refractivity contribution in [3.05, 3.63) is 53.6 Å². The van der Waals surface area contributed by atoms with E-state index in [1.807, 2.05) is 43.0 Å². The Morgan fingerprint density at radius 2 is 1.96 bits per heavy atom. The number of likely N-dealkylation sites (N-methyl/N-ethyl adjacent to an activating group) is 1. The van der Waals surface area contributed by atoms with E-state index in [2.05, 4.69) is 0 Å². The first-order valence-corrected chi connectivity index (χ1v) is 10.1. The number of benzene rings is 2. The molecule has 0 fully saturated rings. The van der Waals surface area contributed by atoms with E-state index < -0.39 is 10.0 Å². The summed E-state index contributed by atoms with van der Waals surface area (Å²) in [6.07, 6.45) is 0.626. The van der Waals surface area contributed by atoms with E-state index in [4.69, 9.17) is 5.14 Å². The van der Waals surface area contributed by atoms with E-state index in [1.165, 1.54) is 6.07 Å². The van der Waals surface area contributed by atoms with Gasteiger partial charge in [0.25, 0.3) is 0 Å². The zero-order valence-corrected chi connectivity index (χ0v) is 15.8. The number of carbonyl (C=O) groups is 1. The molecule has 0 aliphatic carbocycles. The van der Waals surface area contributed by atoms with Crippen LogP contribution in [0.1, 0.15) is 18.1 Å². The number of nitrogens with two attached hydrogens (primary N) is 1. The summed E-state index contributed by atoms with van der Waals surface area (Å²) < 4.78 is 23.0. The van der Waals surface area contributed by atoms with Crippen LogP contribution in [-0.4, -0.2) is 34.0 Å². The largest absolute Gasteiger partial charge is 0.362 e. The summed E-state index contributed by atoms with van der Waals surface area (Å²) in [5, 5.41) is 5.19. The second-order valence-corrected chi connectivity index (χ2v) is 7.99. The van der Waals surface area contributed by atoms with Gasteiger partial charge in [-0.05, 0) is 55.7 Å². The molecule has 0 radical (unpaired) electrons. The van der Waals surface area contributed by atoms with Crippen LogP contribution in [0, 0.1) is 6.92 Å². The molecular formula is C19H23N3O3S. The van der Waals surface area contributed by atoms with Crippen LogP contribution in [0.15, 0.2) is 47.4 Å². The van der Waals surface area contributed by atoms with Crippen LogP contribution < -0.4 is 14.9 Å². The van der Waals surface area contributed by atoms with Gasteiger partial charge in [0.1, 0.15) is 0 Å².